The summed E-state index contributed by atoms with van der Waals surface area (Å²) in [7, 11) is 0. The molecular formula is C9H9NO2S. The summed E-state index contributed by atoms with van der Waals surface area (Å²) in [6, 6.07) is 1.95. The maximum absolute atomic E-state index is 11.6. The minimum absolute atomic E-state index is 0.135. The van der Waals surface area contributed by atoms with E-state index in [4.69, 9.17) is 0 Å². The minimum atomic E-state index is -0.163. The first-order valence-corrected chi connectivity index (χ1v) is 4.97. The number of carbonyl (C=O) groups is 2. The predicted octanol–water partition coefficient (Wildman–Crippen LogP) is 1.29. The van der Waals surface area contributed by atoms with Crippen molar-refractivity contribution in [2.45, 2.75) is 13.3 Å². The van der Waals surface area contributed by atoms with E-state index in [2.05, 4.69) is 0 Å². The van der Waals surface area contributed by atoms with Gasteiger partial charge in [0.2, 0.25) is 5.91 Å². The van der Waals surface area contributed by atoms with Crippen LogP contribution in [0.1, 0.15) is 22.2 Å². The van der Waals surface area contributed by atoms with Gasteiger partial charge < -0.3 is 0 Å². The van der Waals surface area contributed by atoms with Crippen molar-refractivity contribution in [2.75, 3.05) is 6.54 Å². The quantitative estimate of drug-likeness (QED) is 0.625. The highest BCUT2D eigenvalue weighted by Crippen LogP contribution is 2.23. The molecule has 0 spiro atoms. The van der Waals surface area contributed by atoms with Gasteiger partial charge in [0.15, 0.2) is 0 Å². The van der Waals surface area contributed by atoms with Crippen LogP contribution >= 0.6 is 11.3 Å². The van der Waals surface area contributed by atoms with Crippen molar-refractivity contribution in [1.82, 2.24) is 4.90 Å². The van der Waals surface area contributed by atoms with Gasteiger partial charge in [-0.15, -0.1) is 11.3 Å². The molecule has 0 saturated heterocycles. The number of amides is 2. The normalized spacial score (nSPS) is 15.8. The Bertz CT molecular complexity index is 369. The molecule has 0 unspecified atom stereocenters. The van der Waals surface area contributed by atoms with E-state index < -0.39 is 0 Å². The average molecular weight is 195 g/mol. The highest BCUT2D eigenvalue weighted by atomic mass is 32.1. The lowest BCUT2D eigenvalue weighted by atomic mass is 10.1. The summed E-state index contributed by atoms with van der Waals surface area (Å²) in [5, 5.41) is 1.90. The lowest BCUT2D eigenvalue weighted by Gasteiger charge is -2.23. The molecule has 0 atom stereocenters. The van der Waals surface area contributed by atoms with E-state index in [1.165, 1.54) is 23.2 Å². The molecule has 1 aliphatic rings. The van der Waals surface area contributed by atoms with Crippen LogP contribution in [0, 0.1) is 0 Å². The van der Waals surface area contributed by atoms with Gasteiger partial charge in [0.25, 0.3) is 5.91 Å². The minimum Gasteiger partial charge on any atom is -0.278 e. The number of thiophene rings is 1. The van der Waals surface area contributed by atoms with Crippen molar-refractivity contribution < 1.29 is 9.59 Å². The van der Waals surface area contributed by atoms with Crippen molar-refractivity contribution in [2.24, 2.45) is 0 Å². The van der Waals surface area contributed by atoms with Crippen LogP contribution in [0.2, 0.25) is 0 Å². The molecule has 0 fully saturated rings. The zero-order valence-electron chi connectivity index (χ0n) is 7.24. The molecular weight excluding hydrogens is 186 g/mol. The smallest absolute Gasteiger partial charge is 0.270 e. The SMILES string of the molecule is CC(=O)N1CCc2ccsc2C1=O. The molecule has 1 aromatic rings. The zero-order valence-corrected chi connectivity index (χ0v) is 8.06. The molecule has 68 valence electrons. The molecule has 0 saturated carbocycles. The Morgan fingerprint density at radius 1 is 1.62 bits per heavy atom. The van der Waals surface area contributed by atoms with Crippen LogP contribution in [0.5, 0.6) is 0 Å². The number of imide groups is 1. The third kappa shape index (κ3) is 1.27. The van der Waals surface area contributed by atoms with Gasteiger partial charge in [0, 0.05) is 13.5 Å². The summed E-state index contributed by atoms with van der Waals surface area (Å²) < 4.78 is 0. The molecule has 1 aromatic heterocycles. The van der Waals surface area contributed by atoms with Gasteiger partial charge in [0.1, 0.15) is 0 Å². The Labute approximate surface area is 80.0 Å². The summed E-state index contributed by atoms with van der Waals surface area (Å²) in [6.45, 7) is 1.95. The molecule has 4 heteroatoms. The van der Waals surface area contributed by atoms with Crippen molar-refractivity contribution in [3.05, 3.63) is 21.9 Å². The van der Waals surface area contributed by atoms with E-state index in [0.717, 1.165) is 16.9 Å². The van der Waals surface area contributed by atoms with Gasteiger partial charge in [-0.25, -0.2) is 0 Å². The Morgan fingerprint density at radius 3 is 3.08 bits per heavy atom. The van der Waals surface area contributed by atoms with Crippen LogP contribution in [0.4, 0.5) is 0 Å². The summed E-state index contributed by atoms with van der Waals surface area (Å²) in [5.41, 5.74) is 1.08. The van der Waals surface area contributed by atoms with Crippen LogP contribution in [-0.2, 0) is 11.2 Å². The van der Waals surface area contributed by atoms with Gasteiger partial charge in [0.05, 0.1) is 4.88 Å². The van der Waals surface area contributed by atoms with Crippen LogP contribution in [0.25, 0.3) is 0 Å². The summed E-state index contributed by atoms with van der Waals surface area (Å²) in [5.74, 6) is -0.298. The first-order valence-electron chi connectivity index (χ1n) is 4.09. The Kier molecular flexibility index (Phi) is 1.92. The van der Waals surface area contributed by atoms with Crippen LogP contribution in [0.15, 0.2) is 11.4 Å². The fourth-order valence-corrected chi connectivity index (χ4v) is 2.38. The third-order valence-corrected chi connectivity index (χ3v) is 3.12. The van der Waals surface area contributed by atoms with Gasteiger partial charge in [-0.1, -0.05) is 0 Å². The Morgan fingerprint density at radius 2 is 2.38 bits per heavy atom. The highest BCUT2D eigenvalue weighted by molar-refractivity contribution is 7.12. The number of rotatable bonds is 0. The molecule has 3 nitrogen and oxygen atoms in total. The van der Waals surface area contributed by atoms with Crippen LogP contribution in [0.3, 0.4) is 0 Å². The second kappa shape index (κ2) is 2.96. The molecule has 2 heterocycles. The molecule has 2 rings (SSSR count). The first kappa shape index (κ1) is 8.44. The second-order valence-electron chi connectivity index (χ2n) is 3.00. The van der Waals surface area contributed by atoms with E-state index in [1.54, 1.807) is 0 Å². The van der Waals surface area contributed by atoms with Gasteiger partial charge >= 0.3 is 0 Å². The fraction of sp³-hybridized carbons (Fsp3) is 0.333. The van der Waals surface area contributed by atoms with E-state index in [1.807, 2.05) is 11.4 Å². The molecule has 2 amide bonds. The third-order valence-electron chi connectivity index (χ3n) is 2.17. The average Bonchev–Trinajstić information content (AvgIpc) is 2.52. The first-order chi connectivity index (χ1) is 6.20. The number of fused-ring (bicyclic) bond motifs is 1. The molecule has 0 aromatic carbocycles. The van der Waals surface area contributed by atoms with E-state index >= 15 is 0 Å². The van der Waals surface area contributed by atoms with Crippen molar-refractivity contribution in [1.29, 1.82) is 0 Å². The summed E-state index contributed by atoms with van der Waals surface area (Å²) >= 11 is 1.41. The number of carbonyl (C=O) groups excluding carboxylic acids is 2. The summed E-state index contributed by atoms with van der Waals surface area (Å²) in [4.78, 5) is 24.7. The highest BCUT2D eigenvalue weighted by Gasteiger charge is 2.27. The van der Waals surface area contributed by atoms with Crippen LogP contribution in [-0.4, -0.2) is 23.3 Å². The maximum Gasteiger partial charge on any atom is 0.270 e. The van der Waals surface area contributed by atoms with Crippen molar-refractivity contribution >= 4 is 23.2 Å². The molecule has 0 aliphatic carbocycles. The van der Waals surface area contributed by atoms with Gasteiger partial charge in [-0.2, -0.15) is 0 Å². The topological polar surface area (TPSA) is 37.4 Å². The second-order valence-corrected chi connectivity index (χ2v) is 3.92. The predicted molar refractivity (Wildman–Crippen MR) is 49.7 cm³/mol. The maximum atomic E-state index is 11.6. The standard InChI is InChI=1S/C9H9NO2S/c1-6(11)10-4-2-7-3-5-13-8(7)9(10)12/h3,5H,2,4H2,1H3. The van der Waals surface area contributed by atoms with Gasteiger partial charge in [-0.3, -0.25) is 14.5 Å². The number of hydrogen-bond donors (Lipinski definition) is 0. The largest absolute Gasteiger partial charge is 0.278 e. The van der Waals surface area contributed by atoms with E-state index in [-0.39, 0.29) is 11.8 Å². The molecule has 1 aliphatic heterocycles. The monoisotopic (exact) mass is 195 g/mol. The molecule has 0 N–H and O–H groups in total. The molecule has 13 heavy (non-hydrogen) atoms. The fourth-order valence-electron chi connectivity index (χ4n) is 1.48. The van der Waals surface area contributed by atoms with E-state index in [0.29, 0.717) is 6.54 Å². The molecule has 0 radical (unpaired) electrons. The number of nitrogens with zero attached hydrogens (tertiary/aromatic N) is 1. The van der Waals surface area contributed by atoms with Gasteiger partial charge in [-0.05, 0) is 23.4 Å². The van der Waals surface area contributed by atoms with E-state index in [9.17, 15) is 9.59 Å². The Balaban J connectivity index is 2.38. The van der Waals surface area contributed by atoms with Crippen molar-refractivity contribution in [3.63, 3.8) is 0 Å². The summed E-state index contributed by atoms with van der Waals surface area (Å²) in [6.07, 6.45) is 0.796. The Hall–Kier alpha value is -1.16. The van der Waals surface area contributed by atoms with Crippen LogP contribution < -0.4 is 0 Å². The van der Waals surface area contributed by atoms with Crippen molar-refractivity contribution in [3.8, 4) is 0 Å². The lowest BCUT2D eigenvalue weighted by Crippen LogP contribution is -2.39. The zero-order chi connectivity index (χ0) is 9.42. The number of hydrogen-bond acceptors (Lipinski definition) is 3. The lowest BCUT2D eigenvalue weighted by molar-refractivity contribution is -0.126. The molecule has 0 bridgehead atoms.